The largest absolute Gasteiger partial charge is 0.388 e. The molecule has 1 aromatic rings. The van der Waals surface area contributed by atoms with Crippen molar-refractivity contribution >= 4 is 23.2 Å². The molecule has 0 aromatic heterocycles. The predicted octanol–water partition coefficient (Wildman–Crippen LogP) is 1.01. The number of Topliss-reactive ketones (excluding diaryl/α,β-unsaturated/α-hetero) is 2. The average Bonchev–Trinajstić information content (AvgIpc) is 2.20. The van der Waals surface area contributed by atoms with Crippen LogP contribution in [0.15, 0.2) is 24.3 Å². The van der Waals surface area contributed by atoms with Gasteiger partial charge >= 0.3 is 0 Å². The molecule has 0 aliphatic carbocycles. The van der Waals surface area contributed by atoms with Crippen molar-refractivity contribution in [2.45, 2.75) is 6.42 Å². The molecular weight excluding hydrogens is 204 g/mol. The summed E-state index contributed by atoms with van der Waals surface area (Å²) in [6.45, 7) is -0.730. The zero-order valence-corrected chi connectivity index (χ0v) is 8.12. The van der Waals surface area contributed by atoms with E-state index in [1.807, 2.05) is 0 Å². The summed E-state index contributed by atoms with van der Waals surface area (Å²) in [7, 11) is 0. The second-order valence-corrected chi connectivity index (χ2v) is 3.24. The quantitative estimate of drug-likeness (QED) is 0.758. The van der Waals surface area contributed by atoms with Gasteiger partial charge in [-0.1, -0.05) is 23.7 Å². The van der Waals surface area contributed by atoms with Crippen LogP contribution in [0.4, 0.5) is 0 Å². The summed E-state index contributed by atoms with van der Waals surface area (Å²) in [4.78, 5) is 21.8. The van der Waals surface area contributed by atoms with Crippen LogP contribution in [0, 0.1) is 0 Å². The lowest BCUT2D eigenvalue weighted by atomic mass is 10.1. The molecule has 3 nitrogen and oxygen atoms in total. The summed E-state index contributed by atoms with van der Waals surface area (Å²) >= 11 is 5.65. The Kier molecular flexibility index (Phi) is 3.80. The zero-order chi connectivity index (χ0) is 10.6. The number of carbonyl (C=O) groups is 2. The van der Waals surface area contributed by atoms with Gasteiger partial charge in [0, 0.05) is 11.4 Å². The lowest BCUT2D eigenvalue weighted by Crippen LogP contribution is -2.19. The van der Waals surface area contributed by atoms with Crippen molar-refractivity contribution in [3.8, 4) is 0 Å². The minimum absolute atomic E-state index is 0.0105. The highest BCUT2D eigenvalue weighted by molar-refractivity contribution is 6.38. The monoisotopic (exact) mass is 212 g/mol. The molecule has 0 atom stereocenters. The van der Waals surface area contributed by atoms with Gasteiger partial charge < -0.3 is 5.11 Å². The summed E-state index contributed by atoms with van der Waals surface area (Å²) < 4.78 is 0. The lowest BCUT2D eigenvalue weighted by Gasteiger charge is -1.98. The Morgan fingerprint density at radius 2 is 1.71 bits per heavy atom. The van der Waals surface area contributed by atoms with Gasteiger partial charge in [-0.15, -0.1) is 0 Å². The molecule has 0 radical (unpaired) electrons. The number of ketones is 2. The Hall–Kier alpha value is -1.19. The van der Waals surface area contributed by atoms with Crippen molar-refractivity contribution in [1.82, 2.24) is 0 Å². The lowest BCUT2D eigenvalue weighted by molar-refractivity contribution is -0.137. The van der Waals surface area contributed by atoms with Crippen LogP contribution in [-0.2, 0) is 16.0 Å². The fraction of sp³-hybridized carbons (Fsp3) is 0.200. The predicted molar refractivity (Wildman–Crippen MR) is 52.3 cm³/mol. The highest BCUT2D eigenvalue weighted by Crippen LogP contribution is 2.10. The van der Waals surface area contributed by atoms with Gasteiger partial charge in [0.15, 0.2) is 0 Å². The molecule has 1 aromatic carbocycles. The fourth-order valence-electron chi connectivity index (χ4n) is 0.974. The second-order valence-electron chi connectivity index (χ2n) is 2.81. The van der Waals surface area contributed by atoms with E-state index < -0.39 is 18.2 Å². The van der Waals surface area contributed by atoms with Crippen LogP contribution in [0.3, 0.4) is 0 Å². The summed E-state index contributed by atoms with van der Waals surface area (Å²) in [6, 6.07) is 6.64. The van der Waals surface area contributed by atoms with E-state index in [1.54, 1.807) is 24.3 Å². The van der Waals surface area contributed by atoms with E-state index in [0.29, 0.717) is 10.6 Å². The van der Waals surface area contributed by atoms with Crippen LogP contribution in [0.2, 0.25) is 5.02 Å². The minimum Gasteiger partial charge on any atom is -0.388 e. The Balaban J connectivity index is 2.65. The third-order valence-electron chi connectivity index (χ3n) is 1.73. The van der Waals surface area contributed by atoms with Crippen molar-refractivity contribution in [3.63, 3.8) is 0 Å². The standard InChI is InChI=1S/C10H9ClO3/c11-8-3-1-7(2-4-8)5-9(13)10(14)6-12/h1-4,12H,5-6H2. The van der Waals surface area contributed by atoms with Crippen LogP contribution < -0.4 is 0 Å². The normalized spacial score (nSPS) is 9.86. The van der Waals surface area contributed by atoms with Crippen molar-refractivity contribution in [3.05, 3.63) is 34.9 Å². The topological polar surface area (TPSA) is 54.4 Å². The highest BCUT2D eigenvalue weighted by Gasteiger charge is 2.12. The third kappa shape index (κ3) is 2.94. The first kappa shape index (κ1) is 10.9. The molecule has 14 heavy (non-hydrogen) atoms. The first-order valence-electron chi connectivity index (χ1n) is 4.05. The molecule has 0 amide bonds. The van der Waals surface area contributed by atoms with E-state index in [-0.39, 0.29) is 6.42 Å². The molecule has 0 saturated carbocycles. The molecule has 0 heterocycles. The highest BCUT2D eigenvalue weighted by atomic mass is 35.5. The van der Waals surface area contributed by atoms with Gasteiger partial charge in [-0.3, -0.25) is 9.59 Å². The number of carbonyl (C=O) groups excluding carboxylic acids is 2. The Morgan fingerprint density at radius 3 is 2.21 bits per heavy atom. The molecule has 74 valence electrons. The average molecular weight is 213 g/mol. The summed E-state index contributed by atoms with van der Waals surface area (Å²) in [5.74, 6) is -1.35. The molecule has 0 unspecified atom stereocenters. The Morgan fingerprint density at radius 1 is 1.14 bits per heavy atom. The number of rotatable bonds is 4. The number of benzene rings is 1. The maximum absolute atomic E-state index is 11.1. The van der Waals surface area contributed by atoms with Gasteiger partial charge in [0.05, 0.1) is 0 Å². The number of hydrogen-bond donors (Lipinski definition) is 1. The van der Waals surface area contributed by atoms with E-state index in [4.69, 9.17) is 16.7 Å². The van der Waals surface area contributed by atoms with Gasteiger partial charge in [0.2, 0.25) is 11.6 Å². The van der Waals surface area contributed by atoms with E-state index >= 15 is 0 Å². The molecule has 4 heteroatoms. The van der Waals surface area contributed by atoms with Crippen molar-refractivity contribution < 1.29 is 14.7 Å². The first-order valence-corrected chi connectivity index (χ1v) is 4.42. The molecule has 1 N–H and O–H groups in total. The summed E-state index contributed by atoms with van der Waals surface area (Å²) in [5.41, 5.74) is 0.709. The first-order chi connectivity index (χ1) is 6.63. The molecular formula is C10H9ClO3. The van der Waals surface area contributed by atoms with Crippen LogP contribution in [-0.4, -0.2) is 23.3 Å². The second kappa shape index (κ2) is 4.88. The van der Waals surface area contributed by atoms with Gasteiger partial charge in [0.1, 0.15) is 6.61 Å². The SMILES string of the molecule is O=C(CO)C(=O)Cc1ccc(Cl)cc1. The Bertz CT molecular complexity index is 343. The van der Waals surface area contributed by atoms with Crippen molar-refractivity contribution in [2.24, 2.45) is 0 Å². The van der Waals surface area contributed by atoms with E-state index in [1.165, 1.54) is 0 Å². The van der Waals surface area contributed by atoms with Crippen molar-refractivity contribution in [2.75, 3.05) is 6.61 Å². The maximum Gasteiger partial charge on any atom is 0.223 e. The zero-order valence-electron chi connectivity index (χ0n) is 7.37. The molecule has 0 spiro atoms. The van der Waals surface area contributed by atoms with Gasteiger partial charge in [-0.2, -0.15) is 0 Å². The minimum atomic E-state index is -0.764. The van der Waals surface area contributed by atoms with Crippen LogP contribution in [0.1, 0.15) is 5.56 Å². The van der Waals surface area contributed by atoms with E-state index in [0.717, 1.165) is 0 Å². The van der Waals surface area contributed by atoms with Crippen LogP contribution in [0.25, 0.3) is 0 Å². The fourth-order valence-corrected chi connectivity index (χ4v) is 1.10. The molecule has 1 rings (SSSR count). The molecule has 0 saturated heterocycles. The number of aliphatic hydroxyl groups is 1. The molecule has 0 bridgehead atoms. The van der Waals surface area contributed by atoms with E-state index in [9.17, 15) is 9.59 Å². The van der Waals surface area contributed by atoms with Gasteiger partial charge in [-0.25, -0.2) is 0 Å². The van der Waals surface area contributed by atoms with Crippen molar-refractivity contribution in [1.29, 1.82) is 0 Å². The summed E-state index contributed by atoms with van der Waals surface area (Å²) in [5, 5.41) is 9.01. The van der Waals surface area contributed by atoms with E-state index in [2.05, 4.69) is 0 Å². The van der Waals surface area contributed by atoms with Gasteiger partial charge in [0.25, 0.3) is 0 Å². The third-order valence-corrected chi connectivity index (χ3v) is 1.98. The maximum atomic E-state index is 11.1. The molecule has 0 aliphatic rings. The van der Waals surface area contributed by atoms with Crippen LogP contribution in [0.5, 0.6) is 0 Å². The number of halogens is 1. The smallest absolute Gasteiger partial charge is 0.223 e. The summed E-state index contributed by atoms with van der Waals surface area (Å²) in [6.07, 6.45) is 0.0105. The number of hydrogen-bond acceptors (Lipinski definition) is 3. The Labute approximate surface area is 86.3 Å². The molecule has 0 aliphatic heterocycles. The van der Waals surface area contributed by atoms with Gasteiger partial charge in [-0.05, 0) is 17.7 Å². The molecule has 0 fully saturated rings. The van der Waals surface area contributed by atoms with Crippen LogP contribution >= 0.6 is 11.6 Å². The number of aliphatic hydroxyl groups excluding tert-OH is 1.